The van der Waals surface area contributed by atoms with Crippen molar-refractivity contribution in [2.75, 3.05) is 0 Å². The summed E-state index contributed by atoms with van der Waals surface area (Å²) in [6, 6.07) is 26.0. The average Bonchev–Trinajstić information content (AvgIpc) is 3.54. The molecule has 2 aromatic heterocycles. The topological polar surface area (TPSA) is 25.8 Å². The largest absolute Gasteiger partial charge is 4.00 e. The molecule has 2 unspecified atom stereocenters. The van der Waals surface area contributed by atoms with Crippen LogP contribution in [0, 0.1) is 0 Å². The molecule has 0 aliphatic carbocycles. The fourth-order valence-electron chi connectivity index (χ4n) is 3.39. The number of hydrogen-bond acceptors (Lipinski definition) is 2. The van der Waals surface area contributed by atoms with Crippen LogP contribution in [0.2, 0.25) is 0 Å². The van der Waals surface area contributed by atoms with Crippen molar-refractivity contribution >= 4 is 36.6 Å². The van der Waals surface area contributed by atoms with Crippen LogP contribution in [0.5, 0.6) is 0 Å². The van der Waals surface area contributed by atoms with Crippen LogP contribution in [0.3, 0.4) is 0 Å². The third-order valence-electron chi connectivity index (χ3n) is 4.81. The molecule has 0 bridgehead atoms. The molecule has 6 aromatic rings. The summed E-state index contributed by atoms with van der Waals surface area (Å²) in [7, 11) is -0.519. The van der Waals surface area contributed by atoms with Crippen molar-refractivity contribution in [3.05, 3.63) is 109 Å². The Morgan fingerprint density at radius 2 is 1.03 bits per heavy atom. The predicted octanol–water partition coefficient (Wildman–Crippen LogP) is 1.86. The van der Waals surface area contributed by atoms with Gasteiger partial charge in [0.2, 0.25) is 0 Å². The van der Waals surface area contributed by atoms with Crippen molar-refractivity contribution in [3.8, 4) is 10.6 Å². The number of nitrogens with zero attached hydrogens (tertiary/aromatic N) is 2. The van der Waals surface area contributed by atoms with Gasteiger partial charge in [-0.25, -0.2) is 0 Å². The molecule has 0 radical (unpaired) electrons. The Balaban J connectivity index is 0.000000201. The van der Waals surface area contributed by atoms with E-state index >= 15 is 0 Å². The van der Waals surface area contributed by atoms with Crippen LogP contribution in [0.4, 0.5) is 0 Å². The first-order valence-electron chi connectivity index (χ1n) is 9.14. The fraction of sp³-hybridized carbons (Fsp3) is 0. The van der Waals surface area contributed by atoms with Crippen molar-refractivity contribution in [2.45, 2.75) is 0 Å². The number of halogens is 2. The van der Waals surface area contributed by atoms with E-state index in [2.05, 4.69) is 94.4 Å². The van der Waals surface area contributed by atoms with Gasteiger partial charge in [0.25, 0.3) is 0 Å². The fourth-order valence-corrected chi connectivity index (χ4v) is 6.19. The minimum atomic E-state index is -0.259. The molecule has 0 amide bonds. The summed E-state index contributed by atoms with van der Waals surface area (Å²) < 4.78 is 0. The van der Waals surface area contributed by atoms with Crippen LogP contribution >= 0.6 is 15.1 Å². The Hall–Kier alpha value is -1.47. The second-order valence-electron chi connectivity index (χ2n) is 6.62. The maximum atomic E-state index is 4.13. The van der Waals surface area contributed by atoms with Crippen LogP contribution in [0.15, 0.2) is 109 Å². The molecule has 152 valence electrons. The molecule has 0 saturated heterocycles. The molecule has 7 heteroatoms. The van der Waals surface area contributed by atoms with E-state index < -0.39 is 0 Å². The van der Waals surface area contributed by atoms with Crippen LogP contribution in [-0.4, -0.2) is 9.97 Å². The zero-order valence-corrected chi connectivity index (χ0v) is 23.3. The predicted molar refractivity (Wildman–Crippen MR) is 123 cm³/mol. The molecule has 0 fully saturated rings. The molecule has 2 atom stereocenters. The quantitative estimate of drug-likeness (QED) is 0.213. The molecule has 0 N–H and O–H groups in total. The van der Waals surface area contributed by atoms with Gasteiger partial charge in [-0.05, 0) is 11.6 Å². The number of aromatic nitrogens is 2. The standard InChI is InChI=1S/2C12H9NP.2ClH.Hf/c2*1-2-4-11-8-12(7-10(11)3-1)14-6-5-13-9-14;;;/h2*1-9H;2*1H;/q2*-1;;;+4/p-2. The Labute approximate surface area is 215 Å². The summed E-state index contributed by atoms with van der Waals surface area (Å²) in [5.74, 6) is 8.46. The first kappa shape index (κ1) is 25.8. The molecule has 0 saturated carbocycles. The maximum Gasteiger partial charge on any atom is 4.00 e. The third-order valence-corrected chi connectivity index (χ3v) is 8.19. The smallest absolute Gasteiger partial charge is 1.00 e. The maximum absolute atomic E-state index is 4.13. The Morgan fingerprint density at radius 3 is 1.39 bits per heavy atom. The van der Waals surface area contributed by atoms with Crippen molar-refractivity contribution < 1.29 is 50.7 Å². The summed E-state index contributed by atoms with van der Waals surface area (Å²) >= 11 is 0. The monoisotopic (exact) mass is 646 g/mol. The van der Waals surface area contributed by atoms with Crippen LogP contribution in [-0.2, 0) is 25.8 Å². The van der Waals surface area contributed by atoms with Gasteiger partial charge in [0.1, 0.15) is 0 Å². The summed E-state index contributed by atoms with van der Waals surface area (Å²) in [4.78, 5) is 8.27. The average molecular weight is 646 g/mol. The number of rotatable bonds is 2. The van der Waals surface area contributed by atoms with E-state index in [1.807, 2.05) is 24.3 Å². The van der Waals surface area contributed by atoms with Gasteiger partial charge in [-0.1, -0.05) is 37.8 Å². The van der Waals surface area contributed by atoms with Gasteiger partial charge < -0.3 is 24.8 Å². The normalized spacial score (nSPS) is 11.0. The van der Waals surface area contributed by atoms with Crippen molar-refractivity contribution in [1.29, 1.82) is 0 Å². The summed E-state index contributed by atoms with van der Waals surface area (Å²) in [6.45, 7) is 0. The number of benzene rings is 2. The van der Waals surface area contributed by atoms with Crippen LogP contribution in [0.1, 0.15) is 0 Å². The molecule has 31 heavy (non-hydrogen) atoms. The zero-order chi connectivity index (χ0) is 18.8. The molecular weight excluding hydrogens is 628 g/mol. The van der Waals surface area contributed by atoms with E-state index in [4.69, 9.17) is 0 Å². The second-order valence-corrected chi connectivity index (χ2v) is 10.3. The molecule has 0 aliphatic heterocycles. The molecule has 0 aliphatic rings. The van der Waals surface area contributed by atoms with E-state index in [1.54, 1.807) is 0 Å². The summed E-state index contributed by atoms with van der Waals surface area (Å²) in [5, 5.41) is 8.13. The minimum absolute atomic E-state index is 0. The van der Waals surface area contributed by atoms with Gasteiger partial charge in [-0.2, -0.15) is 12.1 Å². The Bertz CT molecular complexity index is 1150. The van der Waals surface area contributed by atoms with E-state index in [9.17, 15) is 0 Å². The molecule has 2 heterocycles. The summed E-state index contributed by atoms with van der Waals surface area (Å²) in [6.07, 6.45) is 3.78. The van der Waals surface area contributed by atoms with E-state index in [0.29, 0.717) is 0 Å². The van der Waals surface area contributed by atoms with Crippen molar-refractivity contribution in [1.82, 2.24) is 9.97 Å². The second kappa shape index (κ2) is 12.0. The molecule has 4 aromatic carbocycles. The van der Waals surface area contributed by atoms with Gasteiger partial charge in [0, 0.05) is 24.3 Å². The Morgan fingerprint density at radius 1 is 0.613 bits per heavy atom. The molecule has 0 spiro atoms. The van der Waals surface area contributed by atoms with Crippen LogP contribution < -0.4 is 24.8 Å². The van der Waals surface area contributed by atoms with Gasteiger partial charge >= 0.3 is 25.8 Å². The van der Waals surface area contributed by atoms with Gasteiger partial charge in [-0.3, -0.25) is 9.97 Å². The third kappa shape index (κ3) is 5.86. The number of fused-ring (bicyclic) bond motifs is 2. The minimum Gasteiger partial charge on any atom is -1.00 e. The summed E-state index contributed by atoms with van der Waals surface area (Å²) in [5.41, 5.74) is 0. The van der Waals surface area contributed by atoms with Gasteiger partial charge in [0.15, 0.2) is 0 Å². The molecular formula is C24H18Cl2HfN2P2. The van der Waals surface area contributed by atoms with Gasteiger partial charge in [-0.15, -0.1) is 70.1 Å². The first-order valence-corrected chi connectivity index (χ1v) is 12.1. The van der Waals surface area contributed by atoms with Gasteiger partial charge in [0.05, 0.1) is 0 Å². The molecule has 6 rings (SSSR count). The molecule has 2 nitrogen and oxygen atoms in total. The van der Waals surface area contributed by atoms with E-state index in [-0.39, 0.29) is 65.7 Å². The van der Waals surface area contributed by atoms with Crippen LogP contribution in [0.25, 0.3) is 32.2 Å². The number of hydrogen-bond donors (Lipinski definition) is 0. The van der Waals surface area contributed by atoms with E-state index in [0.717, 1.165) is 0 Å². The van der Waals surface area contributed by atoms with Crippen molar-refractivity contribution in [3.63, 3.8) is 0 Å². The Kier molecular flexibility index (Phi) is 9.94. The SMILES string of the molecule is [Cl-].[Cl-].[Hf+4].c1ccc2[cH-]c(-p3ccnc3)cc2c1.c1ccc2[cH-]c(-p3ccnc3)cc2c1. The zero-order valence-electron chi connectivity index (χ0n) is 16.4. The first-order chi connectivity index (χ1) is 13.9. The van der Waals surface area contributed by atoms with E-state index in [1.165, 1.54) is 32.2 Å². The van der Waals surface area contributed by atoms with Crippen molar-refractivity contribution in [2.24, 2.45) is 0 Å².